The van der Waals surface area contributed by atoms with Gasteiger partial charge in [0.1, 0.15) is 5.76 Å². The van der Waals surface area contributed by atoms with Crippen molar-refractivity contribution >= 4 is 0 Å². The summed E-state index contributed by atoms with van der Waals surface area (Å²) in [5, 5.41) is 9.12. The maximum Gasteiger partial charge on any atom is 0.122 e. The molecule has 0 aliphatic rings. The van der Waals surface area contributed by atoms with Crippen molar-refractivity contribution in [2.45, 2.75) is 32.0 Å². The monoisotopic (exact) mass is 212 g/mol. The summed E-state index contributed by atoms with van der Waals surface area (Å²) >= 11 is 0. The van der Waals surface area contributed by atoms with E-state index in [0.29, 0.717) is 0 Å². The SMILES string of the molecule is CC(N)C(c1ccco1)N(C)C(C)CO. The number of nitrogens with two attached hydrogens (primary N) is 1. The van der Waals surface area contributed by atoms with E-state index in [-0.39, 0.29) is 24.7 Å². The van der Waals surface area contributed by atoms with Crippen LogP contribution in [0.2, 0.25) is 0 Å². The zero-order valence-electron chi connectivity index (χ0n) is 9.55. The van der Waals surface area contributed by atoms with Crippen molar-refractivity contribution in [3.8, 4) is 0 Å². The molecule has 1 aromatic rings. The quantitative estimate of drug-likeness (QED) is 0.763. The van der Waals surface area contributed by atoms with Crippen LogP contribution in [0.4, 0.5) is 0 Å². The first-order valence-corrected chi connectivity index (χ1v) is 5.19. The van der Waals surface area contributed by atoms with E-state index in [2.05, 4.69) is 0 Å². The van der Waals surface area contributed by atoms with Crippen LogP contribution in [0.3, 0.4) is 0 Å². The maximum absolute atomic E-state index is 9.12. The summed E-state index contributed by atoms with van der Waals surface area (Å²) in [6.45, 7) is 4.01. The van der Waals surface area contributed by atoms with Gasteiger partial charge in [-0.15, -0.1) is 0 Å². The number of aliphatic hydroxyl groups is 1. The molecule has 1 rings (SSSR count). The summed E-state index contributed by atoms with van der Waals surface area (Å²) in [5.74, 6) is 0.841. The smallest absolute Gasteiger partial charge is 0.122 e. The van der Waals surface area contributed by atoms with Crippen LogP contribution in [0.5, 0.6) is 0 Å². The molecule has 4 nitrogen and oxygen atoms in total. The second-order valence-corrected chi connectivity index (χ2v) is 4.02. The molecule has 0 radical (unpaired) electrons. The van der Waals surface area contributed by atoms with Crippen LogP contribution in [0.1, 0.15) is 25.6 Å². The van der Waals surface area contributed by atoms with E-state index in [9.17, 15) is 0 Å². The van der Waals surface area contributed by atoms with Gasteiger partial charge in [0.2, 0.25) is 0 Å². The van der Waals surface area contributed by atoms with Gasteiger partial charge in [-0.2, -0.15) is 0 Å². The van der Waals surface area contributed by atoms with Gasteiger partial charge in [0, 0.05) is 12.1 Å². The summed E-state index contributed by atoms with van der Waals surface area (Å²) in [6.07, 6.45) is 1.64. The largest absolute Gasteiger partial charge is 0.468 e. The lowest BCUT2D eigenvalue weighted by molar-refractivity contribution is 0.0977. The highest BCUT2D eigenvalue weighted by Gasteiger charge is 2.26. The second kappa shape index (κ2) is 5.30. The van der Waals surface area contributed by atoms with Crippen LogP contribution < -0.4 is 5.73 Å². The molecule has 0 aliphatic heterocycles. The van der Waals surface area contributed by atoms with E-state index in [4.69, 9.17) is 15.3 Å². The fourth-order valence-electron chi connectivity index (χ4n) is 1.69. The van der Waals surface area contributed by atoms with Gasteiger partial charge in [0.05, 0.1) is 18.9 Å². The van der Waals surface area contributed by atoms with Gasteiger partial charge in [-0.05, 0) is 33.0 Å². The van der Waals surface area contributed by atoms with Crippen molar-refractivity contribution in [1.82, 2.24) is 4.90 Å². The fourth-order valence-corrected chi connectivity index (χ4v) is 1.69. The lowest BCUT2D eigenvalue weighted by atomic mass is 10.1. The number of furan rings is 1. The van der Waals surface area contributed by atoms with Crippen LogP contribution in [0.25, 0.3) is 0 Å². The number of rotatable bonds is 5. The Bertz CT molecular complexity index is 272. The fraction of sp³-hybridized carbons (Fsp3) is 0.636. The summed E-state index contributed by atoms with van der Waals surface area (Å²) in [5.41, 5.74) is 5.94. The lowest BCUT2D eigenvalue weighted by Crippen LogP contribution is -2.43. The van der Waals surface area contributed by atoms with E-state index in [1.807, 2.05) is 37.9 Å². The Labute approximate surface area is 90.7 Å². The number of hydrogen-bond donors (Lipinski definition) is 2. The minimum Gasteiger partial charge on any atom is -0.468 e. The molecule has 0 saturated carbocycles. The number of hydrogen-bond acceptors (Lipinski definition) is 4. The molecule has 0 fully saturated rings. The first-order valence-electron chi connectivity index (χ1n) is 5.19. The first kappa shape index (κ1) is 12.2. The Hall–Kier alpha value is -0.840. The molecule has 3 N–H and O–H groups in total. The van der Waals surface area contributed by atoms with Crippen molar-refractivity contribution in [2.75, 3.05) is 13.7 Å². The highest BCUT2D eigenvalue weighted by molar-refractivity contribution is 5.07. The molecule has 0 spiro atoms. The predicted molar refractivity (Wildman–Crippen MR) is 59.4 cm³/mol. The van der Waals surface area contributed by atoms with E-state index in [1.54, 1.807) is 6.26 Å². The van der Waals surface area contributed by atoms with Gasteiger partial charge in [-0.25, -0.2) is 0 Å². The van der Waals surface area contributed by atoms with Crippen LogP contribution in [-0.4, -0.2) is 35.7 Å². The summed E-state index contributed by atoms with van der Waals surface area (Å²) < 4.78 is 5.37. The van der Waals surface area contributed by atoms with Crippen LogP contribution in [0, 0.1) is 0 Å². The van der Waals surface area contributed by atoms with Gasteiger partial charge in [-0.3, -0.25) is 4.90 Å². The van der Waals surface area contributed by atoms with Gasteiger partial charge >= 0.3 is 0 Å². The number of aliphatic hydroxyl groups excluding tert-OH is 1. The second-order valence-electron chi connectivity index (χ2n) is 4.02. The molecule has 1 heterocycles. The van der Waals surface area contributed by atoms with Crippen molar-refractivity contribution < 1.29 is 9.52 Å². The molecule has 0 saturated heterocycles. The minimum atomic E-state index is -0.0462. The Morgan fingerprint density at radius 3 is 2.60 bits per heavy atom. The standard InChI is InChI=1S/C11H20N2O2/c1-8(7-14)13(3)11(9(2)12)10-5-4-6-15-10/h4-6,8-9,11,14H,7,12H2,1-3H3. The summed E-state index contributed by atoms with van der Waals surface area (Å²) in [4.78, 5) is 2.03. The molecule has 3 unspecified atom stereocenters. The van der Waals surface area contributed by atoms with Gasteiger partial charge in [0.15, 0.2) is 0 Å². The third-order valence-corrected chi connectivity index (χ3v) is 2.73. The van der Waals surface area contributed by atoms with Gasteiger partial charge in [0.25, 0.3) is 0 Å². The molecule has 1 aromatic heterocycles. The third kappa shape index (κ3) is 2.81. The van der Waals surface area contributed by atoms with E-state index in [1.165, 1.54) is 0 Å². The lowest BCUT2D eigenvalue weighted by Gasteiger charge is -2.33. The molecule has 0 bridgehead atoms. The zero-order valence-corrected chi connectivity index (χ0v) is 9.55. The maximum atomic E-state index is 9.12. The van der Waals surface area contributed by atoms with Crippen molar-refractivity contribution in [2.24, 2.45) is 5.73 Å². The Kier molecular flexibility index (Phi) is 4.32. The zero-order chi connectivity index (χ0) is 11.4. The summed E-state index contributed by atoms with van der Waals surface area (Å²) in [7, 11) is 1.94. The van der Waals surface area contributed by atoms with Gasteiger partial charge < -0.3 is 15.3 Å². The Morgan fingerprint density at radius 2 is 2.20 bits per heavy atom. The van der Waals surface area contributed by atoms with Crippen LogP contribution in [-0.2, 0) is 0 Å². The topological polar surface area (TPSA) is 62.6 Å². The van der Waals surface area contributed by atoms with Crippen molar-refractivity contribution in [3.63, 3.8) is 0 Å². The van der Waals surface area contributed by atoms with Crippen molar-refractivity contribution in [1.29, 1.82) is 0 Å². The normalized spacial score (nSPS) is 17.7. The molecule has 3 atom stereocenters. The molecule has 0 aromatic carbocycles. The van der Waals surface area contributed by atoms with Crippen LogP contribution >= 0.6 is 0 Å². The van der Waals surface area contributed by atoms with E-state index in [0.717, 1.165) is 5.76 Å². The average molecular weight is 212 g/mol. The van der Waals surface area contributed by atoms with Gasteiger partial charge in [-0.1, -0.05) is 0 Å². The molecule has 0 amide bonds. The van der Waals surface area contributed by atoms with E-state index >= 15 is 0 Å². The summed E-state index contributed by atoms with van der Waals surface area (Å²) in [6, 6.07) is 3.78. The molecule has 0 aliphatic carbocycles. The third-order valence-electron chi connectivity index (χ3n) is 2.73. The highest BCUT2D eigenvalue weighted by atomic mass is 16.3. The molecular weight excluding hydrogens is 192 g/mol. The van der Waals surface area contributed by atoms with Crippen molar-refractivity contribution in [3.05, 3.63) is 24.2 Å². The molecule has 15 heavy (non-hydrogen) atoms. The first-order chi connectivity index (χ1) is 7.07. The van der Waals surface area contributed by atoms with Crippen LogP contribution in [0.15, 0.2) is 22.8 Å². The average Bonchev–Trinajstić information content (AvgIpc) is 2.69. The highest BCUT2D eigenvalue weighted by Crippen LogP contribution is 2.24. The predicted octanol–water partition coefficient (Wildman–Crippen LogP) is 0.980. The minimum absolute atomic E-state index is 0.00199. The van der Waals surface area contributed by atoms with E-state index < -0.39 is 0 Å². The number of likely N-dealkylation sites (N-methyl/N-ethyl adjacent to an activating group) is 1. The Balaban J connectivity index is 2.84. The molecule has 86 valence electrons. The molecule has 4 heteroatoms. The number of nitrogens with zero attached hydrogens (tertiary/aromatic N) is 1. The Morgan fingerprint density at radius 1 is 1.53 bits per heavy atom. The molecular formula is C11H20N2O2.